The molecule has 0 radical (unpaired) electrons. The van der Waals surface area contributed by atoms with Crippen LogP contribution in [0.2, 0.25) is 0 Å². The van der Waals surface area contributed by atoms with Crippen molar-refractivity contribution in [3.05, 3.63) is 41.0 Å². The molecule has 2 aromatic carbocycles. The lowest BCUT2D eigenvalue weighted by atomic mass is 9.98. The van der Waals surface area contributed by atoms with Crippen molar-refractivity contribution in [1.29, 1.82) is 0 Å². The number of ketones is 1. The Kier molecular flexibility index (Phi) is 9.25. The maximum absolute atomic E-state index is 13.1. The van der Waals surface area contributed by atoms with Gasteiger partial charge in [-0.05, 0) is 36.6 Å². The van der Waals surface area contributed by atoms with Crippen LogP contribution in [0.5, 0.6) is 34.5 Å². The summed E-state index contributed by atoms with van der Waals surface area (Å²) in [6.45, 7) is 2.11. The number of aromatic hydroxyl groups is 1. The molecule has 0 aliphatic rings. The number of unbranched alkanes of at least 4 members (excludes halogenated alkanes) is 2. The van der Waals surface area contributed by atoms with Crippen molar-refractivity contribution in [1.82, 2.24) is 0 Å². The van der Waals surface area contributed by atoms with Gasteiger partial charge >= 0.3 is 0 Å². The molecule has 0 saturated carbocycles. The quantitative estimate of drug-likeness (QED) is 0.278. The molecule has 7 heteroatoms. The van der Waals surface area contributed by atoms with Gasteiger partial charge in [0.05, 0.1) is 35.5 Å². The largest absolute Gasteiger partial charge is 0.507 e. The fourth-order valence-electron chi connectivity index (χ4n) is 3.49. The minimum absolute atomic E-state index is 0.100. The first-order valence-corrected chi connectivity index (χ1v) is 10.4. The van der Waals surface area contributed by atoms with E-state index in [1.807, 2.05) is 0 Å². The number of ether oxygens (including phenoxy) is 5. The second-order valence-electron chi connectivity index (χ2n) is 7.10. The van der Waals surface area contributed by atoms with Crippen LogP contribution in [0.3, 0.4) is 0 Å². The molecule has 0 bridgehead atoms. The number of phenolic OH excluding ortho intramolecular Hbond substituents is 1. The van der Waals surface area contributed by atoms with Gasteiger partial charge in [-0.2, -0.15) is 0 Å². The van der Waals surface area contributed by atoms with Gasteiger partial charge in [0.25, 0.3) is 0 Å². The Balaban J connectivity index is 2.46. The number of methoxy groups -OCH3 is 5. The van der Waals surface area contributed by atoms with Crippen LogP contribution >= 0.6 is 0 Å². The van der Waals surface area contributed by atoms with E-state index in [9.17, 15) is 9.90 Å². The Morgan fingerprint density at radius 3 is 1.94 bits per heavy atom. The summed E-state index contributed by atoms with van der Waals surface area (Å²) in [7, 11) is 7.55. The number of phenols is 1. The van der Waals surface area contributed by atoms with Gasteiger partial charge < -0.3 is 28.8 Å². The number of benzene rings is 2. The molecule has 0 heterocycles. The predicted octanol–water partition coefficient (Wildman–Crippen LogP) is 5.06. The summed E-state index contributed by atoms with van der Waals surface area (Å²) in [5.74, 6) is 1.65. The highest BCUT2D eigenvalue weighted by atomic mass is 16.5. The zero-order valence-electron chi connectivity index (χ0n) is 19.6. The fourth-order valence-corrected chi connectivity index (χ4v) is 3.49. The highest BCUT2D eigenvalue weighted by Gasteiger charge is 2.23. The molecular formula is C25H32O7. The summed E-state index contributed by atoms with van der Waals surface area (Å²) in [5.41, 5.74) is 1.37. The summed E-state index contributed by atoms with van der Waals surface area (Å²) in [6, 6.07) is 5.10. The molecule has 2 aromatic rings. The zero-order chi connectivity index (χ0) is 23.7. The van der Waals surface area contributed by atoms with E-state index in [0.29, 0.717) is 40.5 Å². The molecule has 0 aliphatic carbocycles. The second kappa shape index (κ2) is 11.9. The van der Waals surface area contributed by atoms with Gasteiger partial charge in [-0.3, -0.25) is 4.79 Å². The molecule has 7 nitrogen and oxygen atoms in total. The van der Waals surface area contributed by atoms with Gasteiger partial charge in [-0.1, -0.05) is 25.8 Å². The Morgan fingerprint density at radius 1 is 0.844 bits per heavy atom. The van der Waals surface area contributed by atoms with Crippen LogP contribution < -0.4 is 23.7 Å². The topological polar surface area (TPSA) is 83.5 Å². The van der Waals surface area contributed by atoms with Crippen LogP contribution in [0.25, 0.3) is 6.08 Å². The summed E-state index contributed by atoms with van der Waals surface area (Å²) in [4.78, 5) is 13.1. The van der Waals surface area contributed by atoms with Crippen molar-refractivity contribution >= 4 is 11.9 Å². The van der Waals surface area contributed by atoms with Gasteiger partial charge in [0.15, 0.2) is 17.3 Å². The molecule has 0 saturated heterocycles. The molecule has 1 N–H and O–H groups in total. The third kappa shape index (κ3) is 5.46. The minimum Gasteiger partial charge on any atom is -0.507 e. The normalized spacial score (nSPS) is 10.8. The molecule has 0 amide bonds. The third-order valence-electron chi connectivity index (χ3n) is 5.16. The number of carbonyl (C=O) groups is 1. The van der Waals surface area contributed by atoms with Crippen molar-refractivity contribution in [3.63, 3.8) is 0 Å². The van der Waals surface area contributed by atoms with Gasteiger partial charge in [0.2, 0.25) is 5.75 Å². The molecule has 0 fully saturated rings. The average molecular weight is 445 g/mol. The maximum atomic E-state index is 13.1. The van der Waals surface area contributed by atoms with Crippen LogP contribution in [-0.2, 0) is 6.42 Å². The molecule has 174 valence electrons. The Morgan fingerprint density at radius 2 is 1.44 bits per heavy atom. The molecule has 0 aromatic heterocycles. The van der Waals surface area contributed by atoms with E-state index in [1.54, 1.807) is 24.3 Å². The fraction of sp³-hybridized carbons (Fsp3) is 0.400. The van der Waals surface area contributed by atoms with E-state index in [4.69, 9.17) is 23.7 Å². The summed E-state index contributed by atoms with van der Waals surface area (Å²) >= 11 is 0. The van der Waals surface area contributed by atoms with Gasteiger partial charge in [-0.25, -0.2) is 0 Å². The first-order chi connectivity index (χ1) is 15.4. The SMILES string of the molecule is CCCCCc1c(OC)cc(OC)c(C(=O)/C=C/c2cc(OC)c(OC)c(OC)c2)c1O. The summed E-state index contributed by atoms with van der Waals surface area (Å²) < 4.78 is 26.8. The van der Waals surface area contributed by atoms with E-state index >= 15 is 0 Å². The van der Waals surface area contributed by atoms with E-state index in [-0.39, 0.29) is 17.1 Å². The van der Waals surface area contributed by atoms with E-state index < -0.39 is 5.78 Å². The smallest absolute Gasteiger partial charge is 0.203 e. The van der Waals surface area contributed by atoms with Crippen molar-refractivity contribution in [2.24, 2.45) is 0 Å². The standard InChI is InChI=1S/C25H32O7/c1-7-8-9-10-17-19(28-2)15-20(29-3)23(24(17)27)18(26)12-11-16-13-21(30-4)25(32-6)22(14-16)31-5/h11-15,27H,7-10H2,1-6H3/b12-11+. The van der Waals surface area contributed by atoms with Crippen LogP contribution in [0.4, 0.5) is 0 Å². The van der Waals surface area contributed by atoms with Crippen molar-refractivity contribution in [2.45, 2.75) is 32.6 Å². The van der Waals surface area contributed by atoms with E-state index in [1.165, 1.54) is 41.6 Å². The zero-order valence-corrected chi connectivity index (χ0v) is 19.6. The lowest BCUT2D eigenvalue weighted by molar-refractivity contribution is 0.104. The highest BCUT2D eigenvalue weighted by molar-refractivity contribution is 6.11. The van der Waals surface area contributed by atoms with Gasteiger partial charge in [-0.15, -0.1) is 0 Å². The minimum atomic E-state index is -0.396. The molecule has 0 atom stereocenters. The van der Waals surface area contributed by atoms with Gasteiger partial charge in [0.1, 0.15) is 22.8 Å². The predicted molar refractivity (Wildman–Crippen MR) is 124 cm³/mol. The first kappa shape index (κ1) is 24.9. The summed E-state index contributed by atoms with van der Waals surface area (Å²) in [6.07, 6.45) is 6.53. The lowest BCUT2D eigenvalue weighted by Crippen LogP contribution is -2.04. The molecular weight excluding hydrogens is 412 g/mol. The second-order valence-corrected chi connectivity index (χ2v) is 7.10. The van der Waals surface area contributed by atoms with Crippen molar-refractivity contribution < 1.29 is 33.6 Å². The van der Waals surface area contributed by atoms with E-state index in [2.05, 4.69) is 6.92 Å². The number of rotatable bonds is 12. The molecule has 0 unspecified atom stereocenters. The maximum Gasteiger partial charge on any atom is 0.203 e. The van der Waals surface area contributed by atoms with Crippen LogP contribution in [0.15, 0.2) is 24.3 Å². The van der Waals surface area contributed by atoms with Crippen LogP contribution in [0, 0.1) is 0 Å². The van der Waals surface area contributed by atoms with Crippen LogP contribution in [-0.4, -0.2) is 46.4 Å². The van der Waals surface area contributed by atoms with Gasteiger partial charge in [0, 0.05) is 11.6 Å². The third-order valence-corrected chi connectivity index (χ3v) is 5.16. The first-order valence-electron chi connectivity index (χ1n) is 10.4. The average Bonchev–Trinajstić information content (AvgIpc) is 2.82. The number of allylic oxidation sites excluding steroid dienone is 1. The molecule has 0 aliphatic heterocycles. The Hall–Kier alpha value is -3.35. The van der Waals surface area contributed by atoms with Crippen molar-refractivity contribution in [3.8, 4) is 34.5 Å². The molecule has 2 rings (SSSR count). The number of carbonyl (C=O) groups excluding carboxylic acids is 1. The lowest BCUT2D eigenvalue weighted by Gasteiger charge is -2.16. The molecule has 32 heavy (non-hydrogen) atoms. The number of hydrogen-bond donors (Lipinski definition) is 1. The Labute approximate surface area is 189 Å². The van der Waals surface area contributed by atoms with Crippen LogP contribution in [0.1, 0.15) is 47.7 Å². The van der Waals surface area contributed by atoms with Crippen molar-refractivity contribution in [2.75, 3.05) is 35.5 Å². The molecule has 0 spiro atoms. The van der Waals surface area contributed by atoms with E-state index in [0.717, 1.165) is 19.3 Å². The monoisotopic (exact) mass is 444 g/mol. The number of hydrogen-bond acceptors (Lipinski definition) is 7. The summed E-state index contributed by atoms with van der Waals surface area (Å²) in [5, 5.41) is 10.9. The Bertz CT molecular complexity index is 938. The highest BCUT2D eigenvalue weighted by Crippen LogP contribution is 2.41.